The molecule has 0 spiro atoms. The van der Waals surface area contributed by atoms with E-state index in [2.05, 4.69) is 94.5 Å². The van der Waals surface area contributed by atoms with Crippen molar-refractivity contribution in [3.8, 4) is 0 Å². The summed E-state index contributed by atoms with van der Waals surface area (Å²) in [5.41, 5.74) is 8.79. The molecule has 0 N–H and O–H groups in total. The zero-order valence-electron chi connectivity index (χ0n) is 18.8. The molecule has 0 saturated carbocycles. The molecule has 2 aliphatic carbocycles. The largest absolute Gasteiger partial charge is 4.00 e. The van der Waals surface area contributed by atoms with Crippen molar-refractivity contribution in [2.45, 2.75) is 82.3 Å². The van der Waals surface area contributed by atoms with Gasteiger partial charge in [0, 0.05) is 9.52 Å². The van der Waals surface area contributed by atoms with Gasteiger partial charge in [-0.25, -0.2) is 11.1 Å². The van der Waals surface area contributed by atoms with Crippen LogP contribution in [0.15, 0.2) is 33.4 Å². The van der Waals surface area contributed by atoms with Gasteiger partial charge in [-0.2, -0.15) is 22.3 Å². The van der Waals surface area contributed by atoms with E-state index in [1.807, 2.05) is 0 Å². The molecule has 0 nitrogen and oxygen atoms in total. The van der Waals surface area contributed by atoms with Gasteiger partial charge in [0.1, 0.15) is 0 Å². The van der Waals surface area contributed by atoms with Crippen molar-refractivity contribution in [2.75, 3.05) is 0 Å². The number of allylic oxidation sites excluding steroid dienone is 8. The van der Waals surface area contributed by atoms with Crippen LogP contribution >= 0.6 is 0 Å². The molecule has 0 atom stereocenters. The molecule has 147 valence electrons. The molecule has 26 heavy (non-hydrogen) atoms. The fourth-order valence-electron chi connectivity index (χ4n) is 2.81. The molecule has 1 radical (unpaired) electrons. The maximum atomic E-state index is 3.44. The topological polar surface area (TPSA) is 0 Å². The van der Waals surface area contributed by atoms with Crippen molar-refractivity contribution in [1.82, 2.24) is 0 Å². The Labute approximate surface area is 183 Å². The van der Waals surface area contributed by atoms with Gasteiger partial charge in [0.15, 0.2) is 0 Å². The second-order valence-corrected chi connectivity index (χ2v) is 8.98. The van der Waals surface area contributed by atoms with Gasteiger partial charge < -0.3 is 9.41 Å². The first-order valence-electron chi connectivity index (χ1n) is 8.65. The van der Waals surface area contributed by atoms with Gasteiger partial charge >= 0.3 is 26.2 Å². The predicted molar refractivity (Wildman–Crippen MR) is 108 cm³/mol. The molecule has 0 unspecified atom stereocenters. The number of hydrogen-bond donors (Lipinski definition) is 0. The molecule has 0 aromatic carbocycles. The molecular weight excluding hydrogens is 422 g/mol. The van der Waals surface area contributed by atoms with E-state index in [0.717, 1.165) is 9.52 Å². The van der Waals surface area contributed by atoms with Crippen LogP contribution in [0.25, 0.3) is 0 Å². The normalized spacial score (nSPS) is 18.8. The Morgan fingerprint density at radius 2 is 0.808 bits per heavy atom. The second-order valence-electron chi connectivity index (χ2n) is 7.83. The smallest absolute Gasteiger partial charge is 1.00 e. The number of rotatable bonds is 0. The molecule has 0 heterocycles. The van der Waals surface area contributed by atoms with Crippen LogP contribution in [0.5, 0.6) is 0 Å². The van der Waals surface area contributed by atoms with Gasteiger partial charge in [-0.15, -0.1) is 13.8 Å². The summed E-state index contributed by atoms with van der Waals surface area (Å²) in [4.78, 5) is 0. The van der Waals surface area contributed by atoms with Gasteiger partial charge in [-0.3, -0.25) is 12.2 Å². The predicted octanol–water partition coefficient (Wildman–Crippen LogP) is 0.749. The van der Waals surface area contributed by atoms with Crippen LogP contribution in [-0.4, -0.2) is 9.52 Å². The van der Waals surface area contributed by atoms with E-state index in [1.165, 1.54) is 33.4 Å². The summed E-state index contributed by atoms with van der Waals surface area (Å²) in [6, 6.07) is 0. The maximum Gasteiger partial charge on any atom is 4.00 e. The van der Waals surface area contributed by atoms with Gasteiger partial charge in [-0.05, 0) is 0 Å². The van der Waals surface area contributed by atoms with Gasteiger partial charge in [-0.1, -0.05) is 79.3 Å². The second kappa shape index (κ2) is 13.2. The molecule has 2 rings (SSSR count). The Bertz CT molecular complexity index is 515. The molecular formula is C22H37F2SiZr. The van der Waals surface area contributed by atoms with E-state index >= 15 is 0 Å². The summed E-state index contributed by atoms with van der Waals surface area (Å²) in [5, 5.41) is 0. The number of halogens is 2. The van der Waals surface area contributed by atoms with E-state index in [0.29, 0.717) is 0 Å². The Kier molecular flexibility index (Phi) is 17.0. The summed E-state index contributed by atoms with van der Waals surface area (Å²) in [6.45, 7) is 26.3. The monoisotopic (exact) mass is 457 g/mol. The van der Waals surface area contributed by atoms with Crippen LogP contribution < -0.4 is 9.41 Å². The maximum absolute atomic E-state index is 3.44. The summed E-state index contributed by atoms with van der Waals surface area (Å²) in [6.07, 6.45) is 6.87. The first-order chi connectivity index (χ1) is 10.3. The summed E-state index contributed by atoms with van der Waals surface area (Å²) >= 11 is 0. The summed E-state index contributed by atoms with van der Waals surface area (Å²) < 4.78 is 0. The van der Waals surface area contributed by atoms with E-state index in [-0.39, 0.29) is 46.4 Å². The van der Waals surface area contributed by atoms with Crippen LogP contribution in [0.1, 0.15) is 69.2 Å². The van der Waals surface area contributed by atoms with E-state index in [1.54, 1.807) is 0 Å². The van der Waals surface area contributed by atoms with Crippen molar-refractivity contribution >= 4 is 9.52 Å². The zero-order chi connectivity index (χ0) is 18.6. The van der Waals surface area contributed by atoms with Crippen LogP contribution in [-0.2, 0) is 26.2 Å². The minimum Gasteiger partial charge on any atom is -1.00 e. The standard InChI is InChI=1S/2C10H15.C2H7Si.2FH.Zr/c2*1-7-6-10(4,5)9(3)8(7)2;1-3-2;;;/h2*1-5H3;3H,1-2H3;2*1H;/q2*-1;;;;+4/p-2. The third-order valence-corrected chi connectivity index (χ3v) is 5.12. The minimum atomic E-state index is 0. The summed E-state index contributed by atoms with van der Waals surface area (Å²) in [5.74, 6) is 0. The molecule has 4 heteroatoms. The molecule has 0 fully saturated rings. The van der Waals surface area contributed by atoms with Crippen molar-refractivity contribution in [2.24, 2.45) is 10.8 Å². The summed E-state index contributed by atoms with van der Waals surface area (Å²) in [7, 11) is 0.750. The fraction of sp³-hybridized carbons (Fsp3) is 0.636. The molecule has 0 aliphatic heterocycles. The third-order valence-electron chi connectivity index (χ3n) is 5.12. The third kappa shape index (κ3) is 8.74. The Morgan fingerprint density at radius 1 is 0.615 bits per heavy atom. The molecule has 0 saturated heterocycles. The molecule has 0 aromatic heterocycles. The van der Waals surface area contributed by atoms with Crippen molar-refractivity contribution in [3.05, 3.63) is 45.6 Å². The first-order valence-corrected chi connectivity index (χ1v) is 11.0. The average Bonchev–Trinajstić information content (AvgIpc) is 2.71. The van der Waals surface area contributed by atoms with Crippen LogP contribution in [0, 0.1) is 23.0 Å². The van der Waals surface area contributed by atoms with Crippen molar-refractivity contribution in [1.29, 1.82) is 0 Å². The Hall–Kier alpha value is -0.0800. The molecule has 0 bridgehead atoms. The first kappa shape index (κ1) is 33.5. The SMILES string of the molecule is CC1=[C-]C(C)(C)C(C)=C1C.CC1=[C-]C(C)(C)C(C)=C1C.C[SiH]C.[F-].[F-].[Zr+4]. The molecule has 2 aliphatic rings. The van der Waals surface area contributed by atoms with Gasteiger partial charge in [0.25, 0.3) is 0 Å². The number of hydrogen-bond acceptors (Lipinski definition) is 0. The minimum absolute atomic E-state index is 0. The quantitative estimate of drug-likeness (QED) is 0.371. The molecule has 0 aromatic rings. The Morgan fingerprint density at radius 3 is 0.846 bits per heavy atom. The Balaban J connectivity index is -0.000000147. The zero-order valence-corrected chi connectivity index (χ0v) is 22.4. The molecule has 0 amide bonds. The van der Waals surface area contributed by atoms with Crippen LogP contribution in [0.4, 0.5) is 0 Å². The average molecular weight is 459 g/mol. The van der Waals surface area contributed by atoms with Crippen LogP contribution in [0.3, 0.4) is 0 Å². The van der Waals surface area contributed by atoms with Crippen molar-refractivity contribution in [3.63, 3.8) is 0 Å². The van der Waals surface area contributed by atoms with Crippen LogP contribution in [0.2, 0.25) is 13.1 Å². The van der Waals surface area contributed by atoms with Gasteiger partial charge in [0.05, 0.1) is 0 Å². The van der Waals surface area contributed by atoms with E-state index < -0.39 is 0 Å². The van der Waals surface area contributed by atoms with Gasteiger partial charge in [0.2, 0.25) is 0 Å². The fourth-order valence-corrected chi connectivity index (χ4v) is 2.81. The van der Waals surface area contributed by atoms with E-state index in [9.17, 15) is 0 Å². The van der Waals surface area contributed by atoms with E-state index in [4.69, 9.17) is 0 Å². The van der Waals surface area contributed by atoms with Crippen molar-refractivity contribution < 1.29 is 35.6 Å².